The lowest BCUT2D eigenvalue weighted by atomic mass is 9.44. The third kappa shape index (κ3) is 1.67. The molecule has 0 amide bonds. The van der Waals surface area contributed by atoms with Crippen LogP contribution < -0.4 is 0 Å². The lowest BCUT2D eigenvalue weighted by Gasteiger charge is -2.60. The van der Waals surface area contributed by atoms with Gasteiger partial charge in [0.05, 0.1) is 5.60 Å². The average Bonchev–Trinajstić information content (AvgIpc) is 3.14. The molecule has 0 aromatic carbocycles. The SMILES string of the molecule is C[C@]12C[C@H]3S[C@H]3C[C@@H]1CC[C@@H]1[C@@H]2CC[C@@]2(C)[C@H]1CC[C@]2(C)O. The molecule has 124 valence electrons. The van der Waals surface area contributed by atoms with Crippen molar-refractivity contribution in [1.29, 1.82) is 0 Å². The fourth-order valence-corrected chi connectivity index (χ4v) is 9.13. The van der Waals surface area contributed by atoms with Gasteiger partial charge in [-0.15, -0.1) is 0 Å². The summed E-state index contributed by atoms with van der Waals surface area (Å²) in [6.45, 7) is 7.22. The lowest BCUT2D eigenvalue weighted by Crippen LogP contribution is -2.56. The maximum absolute atomic E-state index is 11.0. The minimum Gasteiger partial charge on any atom is -0.390 e. The molecule has 2 heteroatoms. The Kier molecular flexibility index (Phi) is 2.85. The van der Waals surface area contributed by atoms with E-state index in [0.29, 0.717) is 5.41 Å². The molecule has 0 aromatic rings. The van der Waals surface area contributed by atoms with Gasteiger partial charge in [-0.25, -0.2) is 0 Å². The molecule has 1 aliphatic heterocycles. The van der Waals surface area contributed by atoms with Crippen molar-refractivity contribution >= 4 is 11.8 Å². The van der Waals surface area contributed by atoms with E-state index in [-0.39, 0.29) is 5.41 Å². The highest BCUT2D eigenvalue weighted by Gasteiger charge is 2.65. The molecule has 1 heterocycles. The first-order valence-corrected chi connectivity index (χ1v) is 10.7. The molecule has 5 aliphatic rings. The second kappa shape index (κ2) is 4.28. The highest BCUT2D eigenvalue weighted by molar-refractivity contribution is 8.07. The maximum Gasteiger partial charge on any atom is 0.0675 e. The van der Waals surface area contributed by atoms with Gasteiger partial charge in [-0.2, -0.15) is 11.8 Å². The summed E-state index contributed by atoms with van der Waals surface area (Å²) in [7, 11) is 0. The molecule has 0 radical (unpaired) electrons. The minimum absolute atomic E-state index is 0.197. The molecule has 4 saturated carbocycles. The smallest absolute Gasteiger partial charge is 0.0675 e. The van der Waals surface area contributed by atoms with Crippen molar-refractivity contribution in [3.63, 3.8) is 0 Å². The number of thioether (sulfide) groups is 1. The largest absolute Gasteiger partial charge is 0.390 e. The molecule has 0 spiro atoms. The Labute approximate surface area is 140 Å². The van der Waals surface area contributed by atoms with E-state index in [1.807, 2.05) is 0 Å². The molecule has 5 fully saturated rings. The van der Waals surface area contributed by atoms with Crippen LogP contribution >= 0.6 is 11.8 Å². The molecule has 1 nitrogen and oxygen atoms in total. The van der Waals surface area contributed by atoms with Gasteiger partial charge in [-0.3, -0.25) is 0 Å². The van der Waals surface area contributed by atoms with E-state index >= 15 is 0 Å². The van der Waals surface area contributed by atoms with Crippen LogP contribution in [0.4, 0.5) is 0 Å². The highest BCUT2D eigenvalue weighted by Crippen LogP contribution is 2.71. The van der Waals surface area contributed by atoms with Gasteiger partial charge in [0.2, 0.25) is 0 Å². The van der Waals surface area contributed by atoms with E-state index < -0.39 is 5.60 Å². The van der Waals surface area contributed by atoms with Crippen LogP contribution in [-0.4, -0.2) is 21.2 Å². The van der Waals surface area contributed by atoms with Crippen molar-refractivity contribution in [1.82, 2.24) is 0 Å². The quantitative estimate of drug-likeness (QED) is 0.642. The van der Waals surface area contributed by atoms with Crippen LogP contribution in [0.5, 0.6) is 0 Å². The number of hydrogen-bond acceptors (Lipinski definition) is 2. The Bertz CT molecular complexity index is 502. The van der Waals surface area contributed by atoms with E-state index in [0.717, 1.165) is 40.6 Å². The van der Waals surface area contributed by atoms with Gasteiger partial charge in [0.1, 0.15) is 0 Å². The Morgan fingerprint density at radius 3 is 2.50 bits per heavy atom. The first kappa shape index (κ1) is 14.6. The number of hydrogen-bond donors (Lipinski definition) is 1. The summed E-state index contributed by atoms with van der Waals surface area (Å²) in [5, 5.41) is 13.0. The molecule has 0 bridgehead atoms. The van der Waals surface area contributed by atoms with Crippen molar-refractivity contribution < 1.29 is 5.11 Å². The van der Waals surface area contributed by atoms with Crippen LogP contribution in [0.2, 0.25) is 0 Å². The lowest BCUT2D eigenvalue weighted by molar-refractivity contribution is -0.143. The predicted molar refractivity (Wildman–Crippen MR) is 92.9 cm³/mol. The predicted octanol–water partition coefficient (Wildman–Crippen LogP) is 4.87. The summed E-state index contributed by atoms with van der Waals surface area (Å²) in [4.78, 5) is 0. The van der Waals surface area contributed by atoms with Crippen LogP contribution in [0.1, 0.15) is 72.1 Å². The van der Waals surface area contributed by atoms with Crippen LogP contribution in [-0.2, 0) is 0 Å². The molecule has 0 unspecified atom stereocenters. The van der Waals surface area contributed by atoms with Crippen molar-refractivity contribution in [2.45, 2.75) is 88.2 Å². The average molecular weight is 321 g/mol. The molecule has 0 aromatic heterocycles. The highest BCUT2D eigenvalue weighted by atomic mass is 32.2. The fourth-order valence-electron chi connectivity index (χ4n) is 7.76. The zero-order valence-electron chi connectivity index (χ0n) is 14.5. The van der Waals surface area contributed by atoms with E-state index in [9.17, 15) is 5.11 Å². The van der Waals surface area contributed by atoms with Crippen LogP contribution in [0.3, 0.4) is 0 Å². The van der Waals surface area contributed by atoms with Gasteiger partial charge >= 0.3 is 0 Å². The van der Waals surface area contributed by atoms with Crippen molar-refractivity contribution in [2.75, 3.05) is 0 Å². The van der Waals surface area contributed by atoms with E-state index in [1.165, 1.54) is 44.9 Å². The molecule has 22 heavy (non-hydrogen) atoms. The Hall–Kier alpha value is 0.310. The fraction of sp³-hybridized carbons (Fsp3) is 1.00. The van der Waals surface area contributed by atoms with Gasteiger partial charge in [0.15, 0.2) is 0 Å². The van der Waals surface area contributed by atoms with Crippen molar-refractivity contribution in [3.8, 4) is 0 Å². The molecule has 5 rings (SSSR count). The summed E-state index contributed by atoms with van der Waals surface area (Å²) in [5.74, 6) is 3.68. The van der Waals surface area contributed by atoms with Gasteiger partial charge in [0, 0.05) is 10.5 Å². The summed E-state index contributed by atoms with van der Waals surface area (Å²) in [6.07, 6.45) is 11.0. The van der Waals surface area contributed by atoms with Gasteiger partial charge < -0.3 is 5.11 Å². The first-order chi connectivity index (χ1) is 10.4. The van der Waals surface area contributed by atoms with Gasteiger partial charge in [-0.05, 0) is 92.8 Å². The second-order valence-electron chi connectivity index (χ2n) is 10.1. The topological polar surface area (TPSA) is 20.2 Å². The number of fused-ring (bicyclic) bond motifs is 6. The molecule has 1 saturated heterocycles. The summed E-state index contributed by atoms with van der Waals surface area (Å²) in [5.41, 5.74) is 0.413. The molecule has 1 N–H and O–H groups in total. The van der Waals surface area contributed by atoms with Crippen LogP contribution in [0, 0.1) is 34.5 Å². The molecule has 4 aliphatic carbocycles. The molecule has 9 atom stereocenters. The van der Waals surface area contributed by atoms with E-state index in [2.05, 4.69) is 32.5 Å². The van der Waals surface area contributed by atoms with Crippen LogP contribution in [0.15, 0.2) is 0 Å². The number of rotatable bonds is 0. The monoisotopic (exact) mass is 320 g/mol. The normalized spacial score (nSPS) is 66.0. The van der Waals surface area contributed by atoms with Gasteiger partial charge in [-0.1, -0.05) is 13.8 Å². The second-order valence-corrected chi connectivity index (χ2v) is 11.6. The minimum atomic E-state index is -0.412. The molecular formula is C20H32OS. The summed E-state index contributed by atoms with van der Waals surface area (Å²) < 4.78 is 0. The van der Waals surface area contributed by atoms with E-state index in [1.54, 1.807) is 0 Å². The number of aliphatic hydroxyl groups is 1. The van der Waals surface area contributed by atoms with Crippen LogP contribution in [0.25, 0.3) is 0 Å². The maximum atomic E-state index is 11.0. The van der Waals surface area contributed by atoms with Crippen molar-refractivity contribution in [2.24, 2.45) is 34.5 Å². The van der Waals surface area contributed by atoms with Crippen molar-refractivity contribution in [3.05, 3.63) is 0 Å². The van der Waals surface area contributed by atoms with Gasteiger partial charge in [0.25, 0.3) is 0 Å². The summed E-state index contributed by atoms with van der Waals surface area (Å²) >= 11 is 2.28. The summed E-state index contributed by atoms with van der Waals surface area (Å²) in [6, 6.07) is 0. The first-order valence-electron chi connectivity index (χ1n) is 9.73. The van der Waals surface area contributed by atoms with E-state index in [4.69, 9.17) is 0 Å². The zero-order valence-corrected chi connectivity index (χ0v) is 15.3. The standard InChI is InChI=1S/C20H32OS/c1-18-11-17-16(22-17)10-12(18)4-5-13-14(18)6-8-19(2)15(13)7-9-20(19,3)21/h12-17,21H,4-11H2,1-3H3/t12-,13+,14-,15-,16-,17+,18-,19-,20-/m0/s1. The Morgan fingerprint density at radius 2 is 1.68 bits per heavy atom. The third-order valence-electron chi connectivity index (χ3n) is 9.47. The molecular weight excluding hydrogens is 288 g/mol. The Morgan fingerprint density at radius 1 is 0.909 bits per heavy atom. The zero-order chi connectivity index (χ0) is 15.3. The third-order valence-corrected chi connectivity index (χ3v) is 10.9. The Balaban J connectivity index is 1.48.